The Balaban J connectivity index is 3.20. The zero-order valence-corrected chi connectivity index (χ0v) is 11.6. The highest BCUT2D eigenvalue weighted by Gasteiger charge is 2.01. The smallest absolute Gasteiger partial charge is 0.407 e. The van der Waals surface area contributed by atoms with Gasteiger partial charge in [-0.15, -0.1) is 0 Å². The number of aliphatic hydroxyl groups is 2. The summed E-state index contributed by atoms with van der Waals surface area (Å²) in [5.74, 6) is 0. The summed E-state index contributed by atoms with van der Waals surface area (Å²) in [7, 11) is 0. The first-order valence-corrected chi connectivity index (χ1v) is 6.73. The Bertz CT molecular complexity index is 236. The second-order valence-corrected chi connectivity index (χ2v) is 3.99. The van der Waals surface area contributed by atoms with Crippen molar-refractivity contribution in [3.05, 3.63) is 0 Å². The largest absolute Gasteiger partial charge is 0.450 e. The fourth-order valence-electron chi connectivity index (χ4n) is 1.31. The van der Waals surface area contributed by atoms with E-state index in [0.717, 1.165) is 25.7 Å². The summed E-state index contributed by atoms with van der Waals surface area (Å²) in [5.41, 5.74) is 0. The van der Waals surface area contributed by atoms with Crippen molar-refractivity contribution < 1.29 is 29.3 Å². The molecule has 0 fully saturated rings. The Morgan fingerprint density at radius 2 is 1.15 bits per heavy atom. The maximum Gasteiger partial charge on any atom is 0.407 e. The minimum absolute atomic E-state index is 0.110. The minimum atomic E-state index is -0.525. The maximum atomic E-state index is 11.0. The number of hydrogen-bond acceptors (Lipinski definition) is 6. The van der Waals surface area contributed by atoms with Gasteiger partial charge in [0.15, 0.2) is 0 Å². The molecule has 0 aromatic rings. The molecule has 0 spiro atoms. The van der Waals surface area contributed by atoms with E-state index in [4.69, 9.17) is 19.7 Å². The monoisotopic (exact) mass is 292 g/mol. The second-order valence-electron chi connectivity index (χ2n) is 3.99. The highest BCUT2D eigenvalue weighted by Crippen LogP contribution is 2.00. The molecule has 0 aliphatic carbocycles. The lowest BCUT2D eigenvalue weighted by Gasteiger charge is -2.06. The van der Waals surface area contributed by atoms with Crippen LogP contribution in [0.4, 0.5) is 9.59 Å². The van der Waals surface area contributed by atoms with Gasteiger partial charge in [-0.3, -0.25) is 0 Å². The van der Waals surface area contributed by atoms with Gasteiger partial charge < -0.3 is 30.3 Å². The molecule has 4 N–H and O–H groups in total. The maximum absolute atomic E-state index is 11.0. The van der Waals surface area contributed by atoms with Gasteiger partial charge in [-0.25, -0.2) is 9.59 Å². The van der Waals surface area contributed by atoms with E-state index >= 15 is 0 Å². The van der Waals surface area contributed by atoms with Gasteiger partial charge in [0.2, 0.25) is 0 Å². The van der Waals surface area contributed by atoms with Crippen LogP contribution in [0.1, 0.15) is 25.7 Å². The fourth-order valence-corrected chi connectivity index (χ4v) is 1.31. The molecule has 20 heavy (non-hydrogen) atoms. The highest BCUT2D eigenvalue weighted by atomic mass is 16.6. The Morgan fingerprint density at radius 1 is 0.750 bits per heavy atom. The fraction of sp³-hybridized carbons (Fsp3) is 0.833. The molecule has 8 heteroatoms. The summed E-state index contributed by atoms with van der Waals surface area (Å²) in [6.07, 6.45) is 2.17. The van der Waals surface area contributed by atoms with Gasteiger partial charge in [0.1, 0.15) is 0 Å². The van der Waals surface area contributed by atoms with Crippen LogP contribution in [-0.4, -0.2) is 61.9 Å². The molecule has 0 radical (unpaired) electrons. The van der Waals surface area contributed by atoms with Crippen molar-refractivity contribution in [3.8, 4) is 0 Å². The van der Waals surface area contributed by atoms with Gasteiger partial charge in [-0.05, 0) is 25.7 Å². The van der Waals surface area contributed by atoms with Crippen LogP contribution >= 0.6 is 0 Å². The molecule has 0 saturated heterocycles. The lowest BCUT2D eigenvalue weighted by atomic mass is 10.2. The predicted octanol–water partition coefficient (Wildman–Crippen LogP) is -0.0162. The predicted molar refractivity (Wildman–Crippen MR) is 71.3 cm³/mol. The van der Waals surface area contributed by atoms with Crippen LogP contribution in [0.25, 0.3) is 0 Å². The van der Waals surface area contributed by atoms with Gasteiger partial charge in [-0.1, -0.05) is 0 Å². The number of amides is 2. The summed E-state index contributed by atoms with van der Waals surface area (Å²) < 4.78 is 9.71. The zero-order valence-electron chi connectivity index (χ0n) is 11.6. The van der Waals surface area contributed by atoms with E-state index in [9.17, 15) is 9.59 Å². The second kappa shape index (κ2) is 13.9. The third kappa shape index (κ3) is 12.9. The Kier molecular flexibility index (Phi) is 12.8. The third-order valence-corrected chi connectivity index (χ3v) is 2.27. The SMILES string of the molecule is O=C(NCCO)OCCCCCCOC(=O)NCCO. The number of nitrogens with one attached hydrogen (secondary N) is 2. The van der Waals surface area contributed by atoms with E-state index in [1.807, 2.05) is 0 Å². The van der Waals surface area contributed by atoms with E-state index in [2.05, 4.69) is 10.6 Å². The van der Waals surface area contributed by atoms with Gasteiger partial charge >= 0.3 is 12.2 Å². The average molecular weight is 292 g/mol. The quantitative estimate of drug-likeness (QED) is 0.398. The van der Waals surface area contributed by atoms with Crippen LogP contribution in [-0.2, 0) is 9.47 Å². The van der Waals surface area contributed by atoms with E-state index < -0.39 is 12.2 Å². The van der Waals surface area contributed by atoms with Crippen LogP contribution in [0.2, 0.25) is 0 Å². The number of carbonyl (C=O) groups is 2. The molecule has 0 unspecified atom stereocenters. The number of carbonyl (C=O) groups excluding carboxylic acids is 2. The van der Waals surface area contributed by atoms with E-state index in [1.165, 1.54) is 0 Å². The van der Waals surface area contributed by atoms with E-state index in [-0.39, 0.29) is 26.3 Å². The van der Waals surface area contributed by atoms with Crippen LogP contribution in [0.15, 0.2) is 0 Å². The highest BCUT2D eigenvalue weighted by molar-refractivity contribution is 5.67. The summed E-state index contributed by atoms with van der Waals surface area (Å²) in [6.45, 7) is 0.815. The van der Waals surface area contributed by atoms with Crippen molar-refractivity contribution in [3.63, 3.8) is 0 Å². The summed E-state index contributed by atoms with van der Waals surface area (Å²) in [5, 5.41) is 21.7. The van der Waals surface area contributed by atoms with Crippen molar-refractivity contribution in [2.75, 3.05) is 39.5 Å². The molecule has 118 valence electrons. The first kappa shape index (κ1) is 18.5. The molecule has 0 aliphatic heterocycles. The van der Waals surface area contributed by atoms with Crippen molar-refractivity contribution in [2.45, 2.75) is 25.7 Å². The zero-order chi connectivity index (χ0) is 15.1. The molecule has 0 aromatic heterocycles. The lowest BCUT2D eigenvalue weighted by molar-refractivity contribution is 0.136. The van der Waals surface area contributed by atoms with Crippen molar-refractivity contribution in [2.24, 2.45) is 0 Å². The van der Waals surface area contributed by atoms with Crippen LogP contribution in [0.5, 0.6) is 0 Å². The molecular formula is C12H24N2O6. The third-order valence-electron chi connectivity index (χ3n) is 2.27. The first-order valence-electron chi connectivity index (χ1n) is 6.73. The molecule has 8 nitrogen and oxygen atoms in total. The molecule has 0 saturated carbocycles. The molecule has 0 rings (SSSR count). The summed E-state index contributed by atoms with van der Waals surface area (Å²) in [6, 6.07) is 0. The topological polar surface area (TPSA) is 117 Å². The summed E-state index contributed by atoms with van der Waals surface area (Å²) in [4.78, 5) is 21.9. The Hall–Kier alpha value is -1.54. The Morgan fingerprint density at radius 3 is 1.50 bits per heavy atom. The number of ether oxygens (including phenoxy) is 2. The van der Waals surface area contributed by atoms with Gasteiger partial charge in [0, 0.05) is 13.1 Å². The number of aliphatic hydroxyl groups excluding tert-OH is 2. The first-order chi connectivity index (χ1) is 9.70. The van der Waals surface area contributed by atoms with Crippen molar-refractivity contribution >= 4 is 12.2 Å². The van der Waals surface area contributed by atoms with Gasteiger partial charge in [0.05, 0.1) is 26.4 Å². The molecular weight excluding hydrogens is 268 g/mol. The number of alkyl carbamates (subject to hydrolysis) is 2. The van der Waals surface area contributed by atoms with Crippen LogP contribution in [0, 0.1) is 0 Å². The van der Waals surface area contributed by atoms with E-state index in [1.54, 1.807) is 0 Å². The van der Waals surface area contributed by atoms with Crippen LogP contribution in [0.3, 0.4) is 0 Å². The van der Waals surface area contributed by atoms with Gasteiger partial charge in [0.25, 0.3) is 0 Å². The van der Waals surface area contributed by atoms with Crippen molar-refractivity contribution in [1.82, 2.24) is 10.6 Å². The molecule has 0 heterocycles. The van der Waals surface area contributed by atoms with Gasteiger partial charge in [-0.2, -0.15) is 0 Å². The van der Waals surface area contributed by atoms with E-state index in [0.29, 0.717) is 13.2 Å². The molecule has 2 amide bonds. The molecule has 0 bridgehead atoms. The lowest BCUT2D eigenvalue weighted by Crippen LogP contribution is -2.27. The van der Waals surface area contributed by atoms with Crippen molar-refractivity contribution in [1.29, 1.82) is 0 Å². The minimum Gasteiger partial charge on any atom is -0.450 e. The molecule has 0 aromatic carbocycles. The number of rotatable bonds is 11. The summed E-state index contributed by atoms with van der Waals surface area (Å²) >= 11 is 0. The normalized spacial score (nSPS) is 9.90. The molecule has 0 atom stereocenters. The molecule has 0 aliphatic rings. The Labute approximate surface area is 118 Å². The number of unbranched alkanes of at least 4 members (excludes halogenated alkanes) is 3. The van der Waals surface area contributed by atoms with Crippen LogP contribution < -0.4 is 10.6 Å². The number of hydrogen-bond donors (Lipinski definition) is 4. The average Bonchev–Trinajstić information content (AvgIpc) is 2.45. The standard InChI is InChI=1S/C12H24N2O6/c15-7-5-13-11(17)19-9-3-1-2-4-10-20-12(18)14-6-8-16/h15-16H,1-10H2,(H,13,17)(H,14,18).